The van der Waals surface area contributed by atoms with Crippen molar-refractivity contribution in [2.75, 3.05) is 13.2 Å². The highest BCUT2D eigenvalue weighted by Crippen LogP contribution is 2.41. The molecule has 0 spiro atoms. The molecule has 0 aliphatic carbocycles. The second-order valence-corrected chi connectivity index (χ2v) is 8.63. The number of ether oxygens (including phenoxy) is 3. The van der Waals surface area contributed by atoms with Crippen LogP contribution in [0.4, 0.5) is 0 Å². The van der Waals surface area contributed by atoms with Crippen LogP contribution in [0.15, 0.2) is 121 Å². The van der Waals surface area contributed by atoms with Gasteiger partial charge in [-0.05, 0) is 41.5 Å². The van der Waals surface area contributed by atoms with Gasteiger partial charge in [0.25, 0.3) is 0 Å². The number of fused-ring (bicyclic) bond motifs is 1. The van der Waals surface area contributed by atoms with E-state index in [1.165, 1.54) is 0 Å². The van der Waals surface area contributed by atoms with Crippen LogP contribution in [0.1, 0.15) is 23.3 Å². The zero-order valence-electron chi connectivity index (χ0n) is 20.2. The van der Waals surface area contributed by atoms with Crippen molar-refractivity contribution < 1.29 is 24.4 Å². The van der Waals surface area contributed by atoms with Gasteiger partial charge in [-0.3, -0.25) is 0 Å². The van der Waals surface area contributed by atoms with Gasteiger partial charge < -0.3 is 24.4 Å². The van der Waals surface area contributed by atoms with Crippen molar-refractivity contribution in [2.24, 2.45) is 0 Å². The van der Waals surface area contributed by atoms with E-state index in [-0.39, 0.29) is 13.2 Å². The molecule has 2 atom stereocenters. The van der Waals surface area contributed by atoms with E-state index in [1.54, 1.807) is 0 Å². The van der Waals surface area contributed by atoms with Gasteiger partial charge in [-0.15, -0.1) is 0 Å². The summed E-state index contributed by atoms with van der Waals surface area (Å²) in [6, 6.07) is 37.7. The molecule has 5 aromatic rings. The average Bonchev–Trinajstić information content (AvgIpc) is 2.96. The van der Waals surface area contributed by atoms with Gasteiger partial charge in [0.15, 0.2) is 11.5 Å². The van der Waals surface area contributed by atoms with Gasteiger partial charge in [0, 0.05) is 10.8 Å². The summed E-state index contributed by atoms with van der Waals surface area (Å²) in [5, 5.41) is 22.9. The third-order valence-corrected chi connectivity index (χ3v) is 6.06. The predicted molar refractivity (Wildman–Crippen MR) is 144 cm³/mol. The van der Waals surface area contributed by atoms with Crippen molar-refractivity contribution in [3.05, 3.63) is 132 Å². The second kappa shape index (κ2) is 11.6. The molecule has 5 aromatic carbocycles. The first-order chi connectivity index (χ1) is 18.2. The molecule has 0 radical (unpaired) electrons. The van der Waals surface area contributed by atoms with Gasteiger partial charge in [0.05, 0.1) is 0 Å². The zero-order valence-corrected chi connectivity index (χ0v) is 20.2. The average molecular weight is 493 g/mol. The number of aliphatic hydroxyl groups is 2. The number of hydrogen-bond acceptors (Lipinski definition) is 5. The lowest BCUT2D eigenvalue weighted by Crippen LogP contribution is -2.11. The molecule has 2 N–H and O–H groups in total. The van der Waals surface area contributed by atoms with Gasteiger partial charge in [0.2, 0.25) is 0 Å². The summed E-state index contributed by atoms with van der Waals surface area (Å²) in [5.74, 6) is 2.33. The monoisotopic (exact) mass is 492 g/mol. The summed E-state index contributed by atoms with van der Waals surface area (Å²) in [4.78, 5) is 0. The fourth-order valence-electron chi connectivity index (χ4n) is 4.13. The number of hydrogen-bond donors (Lipinski definition) is 2. The molecule has 5 heteroatoms. The highest BCUT2D eigenvalue weighted by molar-refractivity contribution is 5.95. The summed E-state index contributed by atoms with van der Waals surface area (Å²) >= 11 is 0. The van der Waals surface area contributed by atoms with Crippen LogP contribution >= 0.6 is 0 Å². The Balaban J connectivity index is 1.44. The van der Waals surface area contributed by atoms with E-state index < -0.39 is 12.2 Å². The molecule has 2 unspecified atom stereocenters. The molecule has 0 saturated heterocycles. The van der Waals surface area contributed by atoms with Crippen molar-refractivity contribution >= 4 is 10.8 Å². The Hall–Kier alpha value is -4.32. The van der Waals surface area contributed by atoms with Crippen LogP contribution in [0.2, 0.25) is 0 Å². The summed E-state index contributed by atoms with van der Waals surface area (Å²) in [5.41, 5.74) is 1.56. The van der Waals surface area contributed by atoms with Crippen molar-refractivity contribution in [3.8, 4) is 23.0 Å². The van der Waals surface area contributed by atoms with Gasteiger partial charge in [-0.1, -0.05) is 91.0 Å². The van der Waals surface area contributed by atoms with Gasteiger partial charge in [-0.25, -0.2) is 0 Å². The number of aliphatic hydroxyl groups excluding tert-OH is 2. The van der Waals surface area contributed by atoms with Gasteiger partial charge in [-0.2, -0.15) is 0 Å². The van der Waals surface area contributed by atoms with Crippen LogP contribution in [-0.2, 0) is 0 Å². The van der Waals surface area contributed by atoms with Crippen LogP contribution in [0, 0.1) is 0 Å². The van der Waals surface area contributed by atoms with Crippen molar-refractivity contribution in [1.82, 2.24) is 0 Å². The predicted octanol–water partition coefficient (Wildman–Crippen LogP) is 6.86. The van der Waals surface area contributed by atoms with Crippen LogP contribution < -0.4 is 14.2 Å². The topological polar surface area (TPSA) is 68.2 Å². The molecular formula is C32H28O5. The maximum absolute atomic E-state index is 10.7. The minimum absolute atomic E-state index is 0.0477. The van der Waals surface area contributed by atoms with E-state index in [1.807, 2.05) is 121 Å². The first-order valence-electron chi connectivity index (χ1n) is 12.2. The minimum Gasteiger partial charge on any atom is -0.490 e. The van der Waals surface area contributed by atoms with Crippen LogP contribution in [-0.4, -0.2) is 23.4 Å². The first kappa shape index (κ1) is 24.4. The number of rotatable bonds is 10. The third-order valence-electron chi connectivity index (χ3n) is 6.06. The largest absolute Gasteiger partial charge is 0.490 e. The molecule has 0 heterocycles. The molecule has 5 rings (SSSR count). The maximum Gasteiger partial charge on any atom is 0.169 e. The van der Waals surface area contributed by atoms with E-state index in [9.17, 15) is 10.2 Å². The first-order valence-corrected chi connectivity index (χ1v) is 12.2. The Bertz CT molecular complexity index is 1420. The molecule has 186 valence electrons. The molecule has 0 fully saturated rings. The zero-order chi connectivity index (χ0) is 25.5. The highest BCUT2D eigenvalue weighted by Gasteiger charge is 2.17. The van der Waals surface area contributed by atoms with Gasteiger partial charge >= 0.3 is 0 Å². The lowest BCUT2D eigenvalue weighted by atomic mass is 10.1. The Kier molecular flexibility index (Phi) is 7.65. The molecule has 5 nitrogen and oxygen atoms in total. The SMILES string of the molecule is OC(COc1cccc2c(OCC(O)c3ccccc3)c(Oc3ccccc3)ccc12)c1ccccc1. The molecule has 0 aliphatic rings. The summed E-state index contributed by atoms with van der Waals surface area (Å²) in [6.07, 6.45) is -1.56. The third kappa shape index (κ3) is 5.92. The van der Waals surface area contributed by atoms with E-state index in [0.717, 1.165) is 21.9 Å². The van der Waals surface area contributed by atoms with Gasteiger partial charge in [0.1, 0.15) is 36.9 Å². The molecule has 0 bridgehead atoms. The lowest BCUT2D eigenvalue weighted by Gasteiger charge is -2.19. The van der Waals surface area contributed by atoms with E-state index in [4.69, 9.17) is 14.2 Å². The summed E-state index contributed by atoms with van der Waals surface area (Å²) < 4.78 is 18.4. The van der Waals surface area contributed by atoms with E-state index in [2.05, 4.69) is 0 Å². The Morgan fingerprint density at radius 1 is 0.486 bits per heavy atom. The van der Waals surface area contributed by atoms with Crippen LogP contribution in [0.5, 0.6) is 23.0 Å². The quantitative estimate of drug-likeness (QED) is 0.223. The standard InChI is InChI=1S/C32H28O5/c33-28(23-11-4-1-5-12-23)21-35-30-18-10-17-27-26(30)19-20-31(37-25-15-8-3-9-16-25)32(27)36-22-29(34)24-13-6-2-7-14-24/h1-20,28-29,33-34H,21-22H2. The van der Waals surface area contributed by atoms with E-state index in [0.29, 0.717) is 23.0 Å². The van der Waals surface area contributed by atoms with Crippen LogP contribution in [0.25, 0.3) is 10.8 Å². The Morgan fingerprint density at radius 3 is 1.68 bits per heavy atom. The fraction of sp³-hybridized carbons (Fsp3) is 0.125. The normalized spacial score (nSPS) is 12.6. The smallest absolute Gasteiger partial charge is 0.169 e. The summed E-state index contributed by atoms with van der Waals surface area (Å²) in [6.45, 7) is 0.153. The molecule has 0 aliphatic heterocycles. The Labute approximate surface area is 216 Å². The second-order valence-electron chi connectivity index (χ2n) is 8.63. The van der Waals surface area contributed by atoms with Crippen molar-refractivity contribution in [1.29, 1.82) is 0 Å². The number of para-hydroxylation sites is 1. The van der Waals surface area contributed by atoms with E-state index >= 15 is 0 Å². The molecule has 0 amide bonds. The molecular weight excluding hydrogens is 464 g/mol. The molecule has 0 aromatic heterocycles. The maximum atomic E-state index is 10.7. The van der Waals surface area contributed by atoms with Crippen molar-refractivity contribution in [3.63, 3.8) is 0 Å². The lowest BCUT2D eigenvalue weighted by molar-refractivity contribution is 0.107. The minimum atomic E-state index is -0.804. The van der Waals surface area contributed by atoms with Crippen molar-refractivity contribution in [2.45, 2.75) is 12.2 Å². The number of benzene rings is 5. The fourth-order valence-corrected chi connectivity index (χ4v) is 4.13. The summed E-state index contributed by atoms with van der Waals surface area (Å²) in [7, 11) is 0. The highest BCUT2D eigenvalue weighted by atomic mass is 16.5. The Morgan fingerprint density at radius 2 is 1.05 bits per heavy atom. The molecule has 37 heavy (non-hydrogen) atoms. The molecule has 0 saturated carbocycles. The van der Waals surface area contributed by atoms with Crippen LogP contribution in [0.3, 0.4) is 0 Å².